The van der Waals surface area contributed by atoms with E-state index in [1.165, 1.54) is 12.1 Å². The molecule has 324 valence electrons. The van der Waals surface area contributed by atoms with Crippen LogP contribution in [0.1, 0.15) is 78.4 Å². The lowest BCUT2D eigenvalue weighted by Crippen LogP contribution is -2.55. The van der Waals surface area contributed by atoms with Gasteiger partial charge in [0.05, 0.1) is 34.5 Å². The lowest BCUT2D eigenvalue weighted by Gasteiger charge is -2.32. The molecule has 2 saturated heterocycles. The number of likely N-dealkylation sites (N-methyl/N-ethyl adjacent to an activating group) is 2. The summed E-state index contributed by atoms with van der Waals surface area (Å²) >= 11 is 0. The number of amides is 4. The number of likely N-dealkylation sites (tertiary alicyclic amines) is 2. The van der Waals surface area contributed by atoms with Crippen LogP contribution in [0.4, 0.5) is 8.78 Å². The Hall–Kier alpha value is -4.82. The number of hydrogen-bond donors (Lipinski definition) is 4. The van der Waals surface area contributed by atoms with Crippen molar-refractivity contribution < 1.29 is 28.0 Å². The number of nitrogens with one attached hydrogen (secondary N) is 4. The number of fused-ring (bicyclic) bond motifs is 7. The number of nitrogens with zero attached hydrogens (tertiary/aromatic N) is 4. The molecule has 4 aromatic rings. The van der Waals surface area contributed by atoms with Crippen molar-refractivity contribution in [3.63, 3.8) is 0 Å². The number of benzene rings is 2. The molecular formula is C46H62F2N8O4. The van der Waals surface area contributed by atoms with Crippen molar-refractivity contribution >= 4 is 45.4 Å². The zero-order chi connectivity index (χ0) is 43.2. The minimum absolute atomic E-state index is 0.111. The third-order valence-corrected chi connectivity index (χ3v) is 13.3. The molecular weight excluding hydrogens is 767 g/mol. The first kappa shape index (κ1) is 43.3. The average Bonchev–Trinajstić information content (AvgIpc) is 4.02. The molecule has 7 rings (SSSR count). The van der Waals surface area contributed by atoms with Gasteiger partial charge in [0.15, 0.2) is 0 Å². The molecule has 0 spiro atoms. The first-order valence-corrected chi connectivity index (χ1v) is 21.8. The van der Waals surface area contributed by atoms with Crippen LogP contribution in [0.2, 0.25) is 0 Å². The second kappa shape index (κ2) is 17.6. The van der Waals surface area contributed by atoms with E-state index >= 15 is 8.78 Å². The summed E-state index contributed by atoms with van der Waals surface area (Å²) in [7, 11) is 3.42. The van der Waals surface area contributed by atoms with Crippen LogP contribution in [0.15, 0.2) is 36.4 Å². The average molecular weight is 829 g/mol. The minimum atomic E-state index is -0.695. The summed E-state index contributed by atoms with van der Waals surface area (Å²) in [5.41, 5.74) is 5.37. The Balaban J connectivity index is 1.30. The van der Waals surface area contributed by atoms with Crippen molar-refractivity contribution in [2.24, 2.45) is 11.8 Å². The second-order valence-electron chi connectivity index (χ2n) is 17.8. The Labute approximate surface area is 351 Å². The fraction of sp³-hybridized carbons (Fsp3) is 0.565. The van der Waals surface area contributed by atoms with Crippen molar-refractivity contribution in [2.45, 2.75) is 129 Å². The topological polar surface area (TPSA) is 133 Å². The zero-order valence-electron chi connectivity index (χ0n) is 36.3. The molecule has 2 aromatic heterocycles. The Morgan fingerprint density at radius 2 is 1.00 bits per heavy atom. The number of hydrogen-bond acceptors (Lipinski definition) is 6. The summed E-state index contributed by atoms with van der Waals surface area (Å²) < 4.78 is 34.7. The highest BCUT2D eigenvalue weighted by Gasteiger charge is 2.40. The second-order valence-corrected chi connectivity index (χ2v) is 17.8. The van der Waals surface area contributed by atoms with Crippen molar-refractivity contribution in [1.29, 1.82) is 0 Å². The van der Waals surface area contributed by atoms with Crippen LogP contribution in [0.5, 0.6) is 0 Å². The molecule has 3 aliphatic heterocycles. The number of rotatable bonds is 14. The van der Waals surface area contributed by atoms with E-state index in [0.29, 0.717) is 39.0 Å². The van der Waals surface area contributed by atoms with Crippen LogP contribution in [-0.4, -0.2) is 106 Å². The Bertz CT molecular complexity index is 2120. The number of aryl methyl sites for hydroxylation is 2. The van der Waals surface area contributed by atoms with Crippen LogP contribution >= 0.6 is 0 Å². The van der Waals surface area contributed by atoms with Gasteiger partial charge in [-0.3, -0.25) is 19.2 Å². The third kappa shape index (κ3) is 8.04. The SMILES string of the molecule is CN[C@@H](C)C(=O)N[C@H](C(=O)N1CCC[C@H]1Cc1c2n(c3cc(F)ccc13)CCn1c-2c(C[C@@H]2CCCN2C(=O)[C@@H](NC(=O)[C@H](C)NC)C(C)C)c2ccc(F)cc21)C(C)C. The predicted molar refractivity (Wildman–Crippen MR) is 230 cm³/mol. The van der Waals surface area contributed by atoms with Crippen LogP contribution < -0.4 is 21.3 Å². The number of aromatic nitrogens is 2. The molecule has 12 nitrogen and oxygen atoms in total. The molecule has 3 aliphatic rings. The molecule has 0 saturated carbocycles. The van der Waals surface area contributed by atoms with E-state index in [2.05, 4.69) is 30.4 Å². The van der Waals surface area contributed by atoms with Crippen LogP contribution in [-0.2, 0) is 45.1 Å². The number of carbonyl (C=O) groups excluding carboxylic acids is 4. The van der Waals surface area contributed by atoms with Gasteiger partial charge in [-0.15, -0.1) is 0 Å². The first-order valence-electron chi connectivity index (χ1n) is 21.8. The smallest absolute Gasteiger partial charge is 0.245 e. The number of halogens is 2. The zero-order valence-corrected chi connectivity index (χ0v) is 36.3. The van der Waals surface area contributed by atoms with Gasteiger partial charge in [0, 0.05) is 49.0 Å². The van der Waals surface area contributed by atoms with Gasteiger partial charge < -0.3 is 40.2 Å². The van der Waals surface area contributed by atoms with Gasteiger partial charge in [0.25, 0.3) is 0 Å². The fourth-order valence-corrected chi connectivity index (χ4v) is 9.76. The highest BCUT2D eigenvalue weighted by atomic mass is 19.1. The molecule has 0 radical (unpaired) electrons. The van der Waals surface area contributed by atoms with E-state index in [-0.39, 0.29) is 59.2 Å². The monoisotopic (exact) mass is 828 g/mol. The van der Waals surface area contributed by atoms with Crippen molar-refractivity contribution in [3.8, 4) is 11.4 Å². The Morgan fingerprint density at radius 3 is 1.35 bits per heavy atom. The highest BCUT2D eigenvalue weighted by Crippen LogP contribution is 2.45. The molecule has 60 heavy (non-hydrogen) atoms. The predicted octanol–water partition coefficient (Wildman–Crippen LogP) is 5.12. The molecule has 6 atom stereocenters. The molecule has 4 N–H and O–H groups in total. The molecule has 0 bridgehead atoms. The normalized spacial score (nSPS) is 19.8. The van der Waals surface area contributed by atoms with E-state index in [9.17, 15) is 19.2 Å². The van der Waals surface area contributed by atoms with Crippen molar-refractivity contribution in [2.75, 3.05) is 27.2 Å². The van der Waals surface area contributed by atoms with E-state index in [1.54, 1.807) is 40.1 Å². The Morgan fingerprint density at radius 1 is 0.617 bits per heavy atom. The maximum absolute atomic E-state index is 15.2. The van der Waals surface area contributed by atoms with Gasteiger partial charge in [-0.2, -0.15) is 0 Å². The summed E-state index contributed by atoms with van der Waals surface area (Å²) in [6.45, 7) is 13.5. The molecule has 0 aliphatic carbocycles. The summed E-state index contributed by atoms with van der Waals surface area (Å²) in [5.74, 6) is -1.65. The molecule has 5 heterocycles. The molecule has 4 amide bonds. The van der Waals surface area contributed by atoms with E-state index < -0.39 is 24.2 Å². The van der Waals surface area contributed by atoms with Crippen LogP contribution in [0.25, 0.3) is 33.2 Å². The quantitative estimate of drug-likeness (QED) is 0.140. The van der Waals surface area contributed by atoms with Gasteiger partial charge in [0.2, 0.25) is 23.6 Å². The summed E-state index contributed by atoms with van der Waals surface area (Å²) in [5, 5.41) is 13.7. The largest absolute Gasteiger partial charge is 0.343 e. The lowest BCUT2D eigenvalue weighted by atomic mass is 9.94. The minimum Gasteiger partial charge on any atom is -0.343 e. The van der Waals surface area contributed by atoms with E-state index in [4.69, 9.17) is 0 Å². The van der Waals surface area contributed by atoms with Gasteiger partial charge in [-0.05, 0) is 126 Å². The fourth-order valence-electron chi connectivity index (χ4n) is 9.76. The molecule has 2 aromatic carbocycles. The summed E-state index contributed by atoms with van der Waals surface area (Å²) in [6.07, 6.45) is 4.18. The Kier molecular flexibility index (Phi) is 12.7. The summed E-state index contributed by atoms with van der Waals surface area (Å²) in [6, 6.07) is 7.15. The van der Waals surface area contributed by atoms with Gasteiger partial charge in [-0.1, -0.05) is 27.7 Å². The van der Waals surface area contributed by atoms with Gasteiger partial charge in [-0.25, -0.2) is 8.78 Å². The van der Waals surface area contributed by atoms with Crippen LogP contribution in [0, 0.1) is 23.5 Å². The highest BCUT2D eigenvalue weighted by molar-refractivity contribution is 5.98. The molecule has 0 unspecified atom stereocenters. The maximum atomic E-state index is 15.2. The molecule has 14 heteroatoms. The van der Waals surface area contributed by atoms with Crippen molar-refractivity contribution in [3.05, 3.63) is 59.2 Å². The van der Waals surface area contributed by atoms with E-state index in [1.807, 2.05) is 49.6 Å². The summed E-state index contributed by atoms with van der Waals surface area (Å²) in [4.78, 5) is 58.6. The van der Waals surface area contributed by atoms with Crippen LogP contribution in [0.3, 0.4) is 0 Å². The maximum Gasteiger partial charge on any atom is 0.245 e. The standard InChI is InChI=1S/C46H62F2N8O4/c1-25(2)39(51-43(57)27(5)49-7)45(59)53-17-9-11-31(53)23-35-33-15-13-29(47)21-37(33)55-19-20-56-38-22-30(48)14-16-34(38)36(42(56)41(35)55)24-32-12-10-18-54(32)46(60)40(26(3)4)52-44(58)28(6)50-8/h13-16,21-22,25-28,31-32,39-40,49-50H,9-12,17-20,23-24H2,1-8H3,(H,51,57)(H,52,58)/t27-,28-,31-,32-,39-,40-/m0/s1. The third-order valence-electron chi connectivity index (χ3n) is 13.3. The first-order chi connectivity index (χ1) is 28.6. The number of carbonyl (C=O) groups is 4. The van der Waals surface area contributed by atoms with Crippen molar-refractivity contribution in [1.82, 2.24) is 40.2 Å². The van der Waals surface area contributed by atoms with E-state index in [0.717, 1.165) is 70.0 Å². The lowest BCUT2D eigenvalue weighted by molar-refractivity contribution is -0.138. The van der Waals surface area contributed by atoms with Gasteiger partial charge >= 0.3 is 0 Å². The van der Waals surface area contributed by atoms with Gasteiger partial charge in [0.1, 0.15) is 23.7 Å². The molecule has 2 fully saturated rings.